The Kier molecular flexibility index (Phi) is 6.24. The minimum absolute atomic E-state index is 0.0572. The maximum absolute atomic E-state index is 12.8. The number of nitrogens with one attached hydrogen (secondary N) is 2. The third-order valence-corrected chi connectivity index (χ3v) is 5.72. The number of ether oxygens (including phenoxy) is 1. The molecule has 7 heteroatoms. The smallest absolute Gasteiger partial charge is 0.251 e. The Morgan fingerprint density at radius 2 is 1.77 bits per heavy atom. The highest BCUT2D eigenvalue weighted by Gasteiger charge is 2.21. The maximum Gasteiger partial charge on any atom is 0.251 e. The Morgan fingerprint density at radius 3 is 2.55 bits per heavy atom. The van der Waals surface area contributed by atoms with Crippen LogP contribution in [0.2, 0.25) is 0 Å². The van der Waals surface area contributed by atoms with Crippen LogP contribution in [0.1, 0.15) is 28.4 Å². The van der Waals surface area contributed by atoms with E-state index in [9.17, 15) is 9.59 Å². The van der Waals surface area contributed by atoms with E-state index in [-0.39, 0.29) is 18.2 Å². The minimum atomic E-state index is -0.530. The molecule has 156 valence electrons. The van der Waals surface area contributed by atoms with Crippen molar-refractivity contribution in [3.8, 4) is 5.75 Å². The second-order valence-electron chi connectivity index (χ2n) is 6.91. The number of methoxy groups -OCH3 is 1. The highest BCUT2D eigenvalue weighted by molar-refractivity contribution is 7.22. The van der Waals surface area contributed by atoms with E-state index in [1.165, 1.54) is 11.3 Å². The van der Waals surface area contributed by atoms with E-state index in [2.05, 4.69) is 15.6 Å². The van der Waals surface area contributed by atoms with Crippen LogP contribution in [0.4, 0.5) is 5.13 Å². The molecule has 4 rings (SSSR count). The van der Waals surface area contributed by atoms with Crippen LogP contribution in [0.25, 0.3) is 10.2 Å². The zero-order valence-electron chi connectivity index (χ0n) is 16.9. The van der Waals surface area contributed by atoms with Gasteiger partial charge >= 0.3 is 0 Å². The molecule has 31 heavy (non-hydrogen) atoms. The highest BCUT2D eigenvalue weighted by atomic mass is 32.1. The third-order valence-electron chi connectivity index (χ3n) is 4.77. The molecule has 0 fully saturated rings. The first kappa shape index (κ1) is 20.6. The molecule has 0 saturated heterocycles. The van der Waals surface area contributed by atoms with E-state index in [1.807, 2.05) is 54.6 Å². The predicted molar refractivity (Wildman–Crippen MR) is 123 cm³/mol. The Hall–Kier alpha value is -3.71. The molecule has 3 aromatic carbocycles. The van der Waals surface area contributed by atoms with Crippen LogP contribution < -0.4 is 15.4 Å². The molecule has 0 aliphatic heterocycles. The number of hydrogen-bond acceptors (Lipinski definition) is 5. The van der Waals surface area contributed by atoms with E-state index < -0.39 is 6.04 Å². The fourth-order valence-corrected chi connectivity index (χ4v) is 4.10. The maximum atomic E-state index is 12.8. The molecule has 1 aromatic heterocycles. The van der Waals surface area contributed by atoms with Gasteiger partial charge in [0.15, 0.2) is 5.13 Å². The molecule has 2 amide bonds. The number of para-hydroxylation sites is 1. The van der Waals surface area contributed by atoms with Gasteiger partial charge in [-0.1, -0.05) is 53.8 Å². The summed E-state index contributed by atoms with van der Waals surface area (Å²) < 4.78 is 6.31. The standard InChI is InChI=1S/C24H21N3O3S/c1-30-18-11-7-10-17(14-18)20(25-23(29)16-8-3-2-4-9-16)15-22(28)27-24-26-19-12-5-6-13-21(19)31-24/h2-14,20H,15H2,1H3,(H,25,29)(H,26,27,28)/t20-/m1/s1. The highest BCUT2D eigenvalue weighted by Crippen LogP contribution is 2.27. The lowest BCUT2D eigenvalue weighted by Crippen LogP contribution is -2.31. The van der Waals surface area contributed by atoms with Gasteiger partial charge in [-0.25, -0.2) is 4.98 Å². The van der Waals surface area contributed by atoms with E-state index in [4.69, 9.17) is 4.74 Å². The van der Waals surface area contributed by atoms with E-state index in [0.717, 1.165) is 15.8 Å². The zero-order valence-corrected chi connectivity index (χ0v) is 17.7. The molecule has 2 N–H and O–H groups in total. The number of thiazole rings is 1. The summed E-state index contributed by atoms with van der Waals surface area (Å²) in [6.45, 7) is 0. The summed E-state index contributed by atoms with van der Waals surface area (Å²) in [7, 11) is 1.58. The SMILES string of the molecule is COc1cccc([C@@H](CC(=O)Nc2nc3ccccc3s2)NC(=O)c2ccccc2)c1. The molecule has 0 aliphatic rings. The summed E-state index contributed by atoms with van der Waals surface area (Å²) in [6, 6.07) is 23.4. The summed E-state index contributed by atoms with van der Waals surface area (Å²) in [5.41, 5.74) is 2.15. The summed E-state index contributed by atoms with van der Waals surface area (Å²) in [4.78, 5) is 30.0. The van der Waals surface area contributed by atoms with E-state index in [1.54, 1.807) is 31.4 Å². The van der Waals surface area contributed by atoms with Crippen molar-refractivity contribution in [1.82, 2.24) is 10.3 Å². The van der Waals surface area contributed by atoms with Crippen molar-refractivity contribution < 1.29 is 14.3 Å². The molecule has 1 atom stereocenters. The van der Waals surface area contributed by atoms with Crippen LogP contribution in [0.15, 0.2) is 78.9 Å². The lowest BCUT2D eigenvalue weighted by Gasteiger charge is -2.19. The van der Waals surface area contributed by atoms with Gasteiger partial charge in [-0.3, -0.25) is 9.59 Å². The van der Waals surface area contributed by atoms with E-state index >= 15 is 0 Å². The first-order chi connectivity index (χ1) is 15.1. The van der Waals surface area contributed by atoms with Crippen molar-refractivity contribution in [2.75, 3.05) is 12.4 Å². The van der Waals surface area contributed by atoms with Gasteiger partial charge in [0.1, 0.15) is 5.75 Å². The van der Waals surface area contributed by atoms with Gasteiger partial charge < -0.3 is 15.4 Å². The summed E-state index contributed by atoms with van der Waals surface area (Å²) in [5, 5.41) is 6.36. The van der Waals surface area contributed by atoms with E-state index in [0.29, 0.717) is 16.4 Å². The number of hydrogen-bond donors (Lipinski definition) is 2. The summed E-state index contributed by atoms with van der Waals surface area (Å²) in [6.07, 6.45) is 0.0572. The van der Waals surface area contributed by atoms with Crippen LogP contribution >= 0.6 is 11.3 Å². The number of benzene rings is 3. The average molecular weight is 432 g/mol. The number of aromatic nitrogens is 1. The quantitative estimate of drug-likeness (QED) is 0.440. The number of rotatable bonds is 7. The number of amides is 2. The molecule has 0 spiro atoms. The molecule has 4 aromatic rings. The molecule has 0 bridgehead atoms. The van der Waals surface area contributed by atoms with Crippen LogP contribution in [0, 0.1) is 0 Å². The van der Waals surface area contributed by atoms with Gasteiger partial charge in [-0.15, -0.1) is 0 Å². The molecule has 0 unspecified atom stereocenters. The predicted octanol–water partition coefficient (Wildman–Crippen LogP) is 4.80. The van der Waals surface area contributed by atoms with Crippen molar-refractivity contribution >= 4 is 38.5 Å². The van der Waals surface area contributed by atoms with Crippen molar-refractivity contribution in [3.63, 3.8) is 0 Å². The van der Waals surface area contributed by atoms with Crippen LogP contribution in [-0.2, 0) is 4.79 Å². The monoisotopic (exact) mass is 431 g/mol. The van der Waals surface area contributed by atoms with Crippen molar-refractivity contribution in [3.05, 3.63) is 90.0 Å². The van der Waals surface area contributed by atoms with Crippen LogP contribution in [0.3, 0.4) is 0 Å². The van der Waals surface area contributed by atoms with Gasteiger partial charge in [0.2, 0.25) is 5.91 Å². The number of nitrogens with zero attached hydrogens (tertiary/aromatic N) is 1. The topological polar surface area (TPSA) is 80.3 Å². The lowest BCUT2D eigenvalue weighted by atomic mass is 10.0. The Bertz CT molecular complexity index is 1170. The largest absolute Gasteiger partial charge is 0.497 e. The minimum Gasteiger partial charge on any atom is -0.497 e. The van der Waals surface area contributed by atoms with Crippen molar-refractivity contribution in [2.45, 2.75) is 12.5 Å². The second-order valence-corrected chi connectivity index (χ2v) is 7.94. The fraction of sp³-hybridized carbons (Fsp3) is 0.125. The molecule has 1 heterocycles. The first-order valence-corrected chi connectivity index (χ1v) is 10.6. The van der Waals surface area contributed by atoms with Crippen LogP contribution in [0.5, 0.6) is 5.75 Å². The fourth-order valence-electron chi connectivity index (χ4n) is 3.22. The number of fused-ring (bicyclic) bond motifs is 1. The lowest BCUT2D eigenvalue weighted by molar-refractivity contribution is -0.116. The normalized spacial score (nSPS) is 11.6. The molecule has 0 radical (unpaired) electrons. The summed E-state index contributed by atoms with van der Waals surface area (Å²) in [5.74, 6) is 0.171. The van der Waals surface area contributed by atoms with Gasteiger partial charge in [0.05, 0.1) is 29.8 Å². The molecule has 0 saturated carbocycles. The van der Waals surface area contributed by atoms with Gasteiger partial charge in [0.25, 0.3) is 5.91 Å². The number of carbonyl (C=O) groups excluding carboxylic acids is 2. The molecule has 6 nitrogen and oxygen atoms in total. The Labute approximate surface area is 183 Å². The Balaban J connectivity index is 1.54. The van der Waals surface area contributed by atoms with Gasteiger partial charge in [-0.2, -0.15) is 0 Å². The average Bonchev–Trinajstić information content (AvgIpc) is 3.21. The Morgan fingerprint density at radius 1 is 1.00 bits per heavy atom. The summed E-state index contributed by atoms with van der Waals surface area (Å²) >= 11 is 1.41. The first-order valence-electron chi connectivity index (χ1n) is 9.77. The van der Waals surface area contributed by atoms with Gasteiger partial charge in [0, 0.05) is 5.56 Å². The second kappa shape index (κ2) is 9.40. The third kappa shape index (κ3) is 5.07. The number of carbonyl (C=O) groups is 2. The molecular formula is C24H21N3O3S. The zero-order chi connectivity index (χ0) is 21.6. The molecular weight excluding hydrogens is 410 g/mol. The number of anilines is 1. The van der Waals surface area contributed by atoms with Crippen LogP contribution in [-0.4, -0.2) is 23.9 Å². The molecule has 0 aliphatic carbocycles. The van der Waals surface area contributed by atoms with Gasteiger partial charge in [-0.05, 0) is 42.0 Å². The van der Waals surface area contributed by atoms with Crippen molar-refractivity contribution in [2.24, 2.45) is 0 Å². The van der Waals surface area contributed by atoms with Crippen molar-refractivity contribution in [1.29, 1.82) is 0 Å².